The summed E-state index contributed by atoms with van der Waals surface area (Å²) in [7, 11) is 1.40. The smallest absolute Gasteiger partial charge is 0.337 e. The van der Waals surface area contributed by atoms with Gasteiger partial charge in [-0.05, 0) is 36.6 Å². The number of methoxy groups -OCH3 is 1. The summed E-state index contributed by atoms with van der Waals surface area (Å²) in [5.41, 5.74) is 1.81. The van der Waals surface area contributed by atoms with Crippen LogP contribution in [0.2, 0.25) is 0 Å². The number of hydrogen-bond donors (Lipinski definition) is 1. The zero-order valence-corrected chi connectivity index (χ0v) is 12.2. The van der Waals surface area contributed by atoms with Crippen molar-refractivity contribution in [2.45, 2.75) is 32.2 Å². The number of halogens is 1. The zero-order valence-electron chi connectivity index (χ0n) is 11.4. The van der Waals surface area contributed by atoms with Gasteiger partial charge in [0.1, 0.15) is 0 Å². The molecule has 1 fully saturated rings. The quantitative estimate of drug-likeness (QED) is 0.644. The molecule has 4 heteroatoms. The van der Waals surface area contributed by atoms with Gasteiger partial charge in [0.2, 0.25) is 0 Å². The van der Waals surface area contributed by atoms with Crippen LogP contribution in [0.5, 0.6) is 0 Å². The fourth-order valence-electron chi connectivity index (χ4n) is 2.20. The molecule has 1 aliphatic rings. The Bertz CT molecular complexity index is 388. The van der Waals surface area contributed by atoms with Crippen molar-refractivity contribution in [2.75, 3.05) is 13.7 Å². The van der Waals surface area contributed by atoms with Crippen molar-refractivity contribution in [3.8, 4) is 0 Å². The van der Waals surface area contributed by atoms with Crippen LogP contribution in [-0.4, -0.2) is 19.6 Å². The van der Waals surface area contributed by atoms with E-state index in [1.807, 2.05) is 24.3 Å². The van der Waals surface area contributed by atoms with Crippen molar-refractivity contribution >= 4 is 18.4 Å². The lowest BCUT2D eigenvalue weighted by Crippen LogP contribution is -2.21. The Balaban J connectivity index is 0.00000180. The molecule has 0 amide bonds. The van der Waals surface area contributed by atoms with Crippen LogP contribution >= 0.6 is 12.4 Å². The molecule has 0 bridgehead atoms. The second kappa shape index (κ2) is 8.18. The first-order chi connectivity index (χ1) is 8.79. The molecule has 0 unspecified atom stereocenters. The normalized spacial score (nSPS) is 14.4. The number of nitrogens with one attached hydrogen (secondary N) is 1. The molecule has 1 saturated carbocycles. The number of ether oxygens (including phenoxy) is 1. The van der Waals surface area contributed by atoms with Gasteiger partial charge in [-0.1, -0.05) is 31.4 Å². The molecular weight excluding hydrogens is 262 g/mol. The van der Waals surface area contributed by atoms with Gasteiger partial charge >= 0.3 is 5.97 Å². The average molecular weight is 284 g/mol. The summed E-state index contributed by atoms with van der Waals surface area (Å²) in [6.07, 6.45) is 5.53. The van der Waals surface area contributed by atoms with Crippen LogP contribution in [0.15, 0.2) is 24.3 Å². The molecule has 0 spiro atoms. The maximum Gasteiger partial charge on any atom is 0.337 e. The number of benzene rings is 1. The van der Waals surface area contributed by atoms with Gasteiger partial charge in [-0.2, -0.15) is 0 Å². The summed E-state index contributed by atoms with van der Waals surface area (Å²) in [4.78, 5) is 11.3. The monoisotopic (exact) mass is 283 g/mol. The maximum atomic E-state index is 11.3. The van der Waals surface area contributed by atoms with E-state index in [1.165, 1.54) is 38.4 Å². The van der Waals surface area contributed by atoms with Crippen molar-refractivity contribution < 1.29 is 9.53 Å². The lowest BCUT2D eigenvalue weighted by molar-refractivity contribution is 0.0600. The first kappa shape index (κ1) is 16.0. The van der Waals surface area contributed by atoms with Crippen molar-refractivity contribution in [3.05, 3.63) is 35.4 Å². The lowest BCUT2D eigenvalue weighted by atomic mass is 9.83. The maximum absolute atomic E-state index is 11.3. The van der Waals surface area contributed by atoms with Crippen molar-refractivity contribution in [2.24, 2.45) is 5.92 Å². The van der Waals surface area contributed by atoms with E-state index in [2.05, 4.69) is 10.1 Å². The fourth-order valence-corrected chi connectivity index (χ4v) is 2.20. The lowest BCUT2D eigenvalue weighted by Gasteiger charge is -2.25. The molecule has 3 nitrogen and oxygen atoms in total. The largest absolute Gasteiger partial charge is 0.465 e. The first-order valence-corrected chi connectivity index (χ1v) is 6.67. The molecule has 0 aliphatic heterocycles. The van der Waals surface area contributed by atoms with Gasteiger partial charge in [0.15, 0.2) is 0 Å². The molecule has 0 radical (unpaired) electrons. The van der Waals surface area contributed by atoms with Gasteiger partial charge in [0.05, 0.1) is 12.7 Å². The second-order valence-corrected chi connectivity index (χ2v) is 4.95. The van der Waals surface area contributed by atoms with E-state index < -0.39 is 0 Å². The molecule has 0 saturated heterocycles. The predicted octanol–water partition coefficient (Wildman–Crippen LogP) is 3.17. The first-order valence-electron chi connectivity index (χ1n) is 6.67. The van der Waals surface area contributed by atoms with Crippen molar-refractivity contribution in [1.29, 1.82) is 0 Å². The molecule has 0 aromatic heterocycles. The molecular formula is C15H22ClNO2. The van der Waals surface area contributed by atoms with Crippen molar-refractivity contribution in [3.63, 3.8) is 0 Å². The molecule has 2 rings (SSSR count). The topological polar surface area (TPSA) is 38.3 Å². The summed E-state index contributed by atoms with van der Waals surface area (Å²) in [5, 5.41) is 3.45. The van der Waals surface area contributed by atoms with Crippen LogP contribution in [0.3, 0.4) is 0 Å². The Labute approximate surface area is 121 Å². The van der Waals surface area contributed by atoms with Gasteiger partial charge < -0.3 is 10.1 Å². The fraction of sp³-hybridized carbons (Fsp3) is 0.533. The van der Waals surface area contributed by atoms with Gasteiger partial charge in [-0.15, -0.1) is 12.4 Å². The van der Waals surface area contributed by atoms with Crippen LogP contribution in [0.1, 0.15) is 41.6 Å². The van der Waals surface area contributed by atoms with Crippen LogP contribution < -0.4 is 5.32 Å². The summed E-state index contributed by atoms with van der Waals surface area (Å²) in [6, 6.07) is 7.58. The highest BCUT2D eigenvalue weighted by Gasteiger charge is 2.16. The Morgan fingerprint density at radius 3 is 2.53 bits per heavy atom. The van der Waals surface area contributed by atoms with Crippen LogP contribution in [-0.2, 0) is 11.3 Å². The minimum absolute atomic E-state index is 0. The molecule has 0 atom stereocenters. The highest BCUT2D eigenvalue weighted by Crippen LogP contribution is 2.28. The summed E-state index contributed by atoms with van der Waals surface area (Å²) in [6.45, 7) is 1.96. The van der Waals surface area contributed by atoms with E-state index in [4.69, 9.17) is 0 Å². The number of carbonyl (C=O) groups excluding carboxylic acids is 1. The number of hydrogen-bond acceptors (Lipinski definition) is 3. The van der Waals surface area contributed by atoms with Gasteiger partial charge in [-0.25, -0.2) is 4.79 Å². The van der Waals surface area contributed by atoms with Gasteiger partial charge in [0.25, 0.3) is 0 Å². The minimum atomic E-state index is -0.278. The third-order valence-corrected chi connectivity index (χ3v) is 3.66. The molecule has 1 N–H and O–H groups in total. The Kier molecular flexibility index (Phi) is 6.89. The van der Waals surface area contributed by atoms with Crippen molar-refractivity contribution in [1.82, 2.24) is 5.32 Å². The second-order valence-electron chi connectivity index (χ2n) is 4.95. The standard InChI is InChI=1S/C15H21NO2.ClH/c1-18-15(17)14-7-5-13(6-8-14)11-16-10-9-12-3-2-4-12;/h5-8,12,16H,2-4,9-11H2,1H3;1H. The number of carbonyl (C=O) groups is 1. The van der Waals surface area contributed by atoms with E-state index in [-0.39, 0.29) is 18.4 Å². The molecule has 1 aromatic rings. The third-order valence-electron chi connectivity index (χ3n) is 3.66. The Morgan fingerprint density at radius 1 is 1.32 bits per heavy atom. The SMILES string of the molecule is COC(=O)c1ccc(CNCCC2CCC2)cc1.Cl. The molecule has 19 heavy (non-hydrogen) atoms. The number of rotatable bonds is 6. The minimum Gasteiger partial charge on any atom is -0.465 e. The molecule has 1 aromatic carbocycles. The zero-order chi connectivity index (χ0) is 12.8. The average Bonchev–Trinajstić information content (AvgIpc) is 2.36. The van der Waals surface area contributed by atoms with Crippen LogP contribution in [0.25, 0.3) is 0 Å². The highest BCUT2D eigenvalue weighted by molar-refractivity contribution is 5.89. The predicted molar refractivity (Wildman–Crippen MR) is 78.7 cm³/mol. The molecule has 0 heterocycles. The van der Waals surface area contributed by atoms with E-state index in [9.17, 15) is 4.79 Å². The highest BCUT2D eigenvalue weighted by atomic mass is 35.5. The Hall–Kier alpha value is -1.06. The van der Waals surface area contributed by atoms with E-state index in [1.54, 1.807) is 0 Å². The van der Waals surface area contributed by atoms with E-state index >= 15 is 0 Å². The Morgan fingerprint density at radius 2 is 2.00 bits per heavy atom. The van der Waals surface area contributed by atoms with Gasteiger partial charge in [0, 0.05) is 6.54 Å². The van der Waals surface area contributed by atoms with Gasteiger partial charge in [-0.3, -0.25) is 0 Å². The molecule has 106 valence electrons. The summed E-state index contributed by atoms with van der Waals surface area (Å²) < 4.78 is 4.67. The summed E-state index contributed by atoms with van der Waals surface area (Å²) >= 11 is 0. The van der Waals surface area contributed by atoms with Crippen LogP contribution in [0.4, 0.5) is 0 Å². The van der Waals surface area contributed by atoms with Crippen LogP contribution in [0, 0.1) is 5.92 Å². The van der Waals surface area contributed by atoms with E-state index in [0.717, 1.165) is 19.0 Å². The summed E-state index contributed by atoms with van der Waals surface area (Å²) in [5.74, 6) is 0.679. The third kappa shape index (κ3) is 4.84. The number of esters is 1. The molecule has 1 aliphatic carbocycles. The van der Waals surface area contributed by atoms with E-state index in [0.29, 0.717) is 5.56 Å².